The zero-order chi connectivity index (χ0) is 9.97. The first-order valence-electron chi connectivity index (χ1n) is 4.12. The van der Waals surface area contributed by atoms with Gasteiger partial charge in [-0.05, 0) is 23.7 Å². The van der Waals surface area contributed by atoms with Crippen molar-refractivity contribution in [1.29, 1.82) is 0 Å². The van der Waals surface area contributed by atoms with Crippen LogP contribution in [0.2, 0.25) is 0 Å². The van der Waals surface area contributed by atoms with Gasteiger partial charge in [0, 0.05) is 0 Å². The van der Waals surface area contributed by atoms with Gasteiger partial charge in [0.05, 0.1) is 5.69 Å². The zero-order valence-corrected chi connectivity index (χ0v) is 8.00. The molecule has 5 heteroatoms. The number of anilines is 1. The lowest BCUT2D eigenvalue weighted by Crippen LogP contribution is -2.17. The monoisotopic (exact) mass is 213 g/mol. The molecule has 1 aliphatic heterocycles. The second-order valence-electron chi connectivity index (χ2n) is 2.73. The fourth-order valence-electron chi connectivity index (χ4n) is 1.28. The molecule has 0 radical (unpaired) electrons. The van der Waals surface area contributed by atoms with Crippen molar-refractivity contribution >= 4 is 22.7 Å². The van der Waals surface area contributed by atoms with Crippen molar-refractivity contribution in [2.75, 3.05) is 18.5 Å². The van der Waals surface area contributed by atoms with E-state index in [4.69, 9.17) is 21.1 Å². The lowest BCUT2D eigenvalue weighted by Gasteiger charge is -2.20. The number of para-hydroxylation sites is 1. The standard InChI is InChI=1S/C9H8ClNO3/c10-9(12)11-6-2-1-3-7-8(6)14-5-4-13-7/h1-3H,4-5H2,(H,11,12). The van der Waals surface area contributed by atoms with Gasteiger partial charge < -0.3 is 14.8 Å². The Morgan fingerprint density at radius 2 is 2.14 bits per heavy atom. The number of nitrogens with one attached hydrogen (secondary N) is 1. The summed E-state index contributed by atoms with van der Waals surface area (Å²) in [4.78, 5) is 10.7. The maximum atomic E-state index is 10.7. The molecule has 0 saturated carbocycles. The Labute approximate surface area is 85.8 Å². The number of hydrogen-bond donors (Lipinski definition) is 1. The number of halogens is 1. The van der Waals surface area contributed by atoms with Gasteiger partial charge in [0.1, 0.15) is 13.2 Å². The van der Waals surface area contributed by atoms with Crippen LogP contribution >= 0.6 is 11.6 Å². The van der Waals surface area contributed by atoms with E-state index < -0.39 is 5.37 Å². The van der Waals surface area contributed by atoms with Crippen LogP contribution in [0.25, 0.3) is 0 Å². The van der Waals surface area contributed by atoms with Crippen molar-refractivity contribution in [3.05, 3.63) is 18.2 Å². The highest BCUT2D eigenvalue weighted by atomic mass is 35.5. The van der Waals surface area contributed by atoms with E-state index in [9.17, 15) is 4.79 Å². The molecule has 0 spiro atoms. The molecule has 0 saturated heterocycles. The highest BCUT2D eigenvalue weighted by Gasteiger charge is 2.16. The normalized spacial score (nSPS) is 13.5. The molecule has 74 valence electrons. The minimum Gasteiger partial charge on any atom is -0.486 e. The lowest BCUT2D eigenvalue weighted by molar-refractivity contribution is 0.172. The van der Waals surface area contributed by atoms with Gasteiger partial charge in [-0.25, -0.2) is 0 Å². The molecule has 1 aromatic rings. The molecule has 0 unspecified atom stereocenters. The fourth-order valence-corrected chi connectivity index (χ4v) is 1.38. The third kappa shape index (κ3) is 1.75. The largest absolute Gasteiger partial charge is 0.486 e. The molecule has 1 heterocycles. The highest BCUT2D eigenvalue weighted by molar-refractivity contribution is 6.65. The molecule has 0 aromatic heterocycles. The summed E-state index contributed by atoms with van der Waals surface area (Å²) >= 11 is 5.21. The first kappa shape index (κ1) is 9.15. The smallest absolute Gasteiger partial charge is 0.318 e. The van der Waals surface area contributed by atoms with Crippen LogP contribution in [0.5, 0.6) is 11.5 Å². The van der Waals surface area contributed by atoms with Gasteiger partial charge in [-0.2, -0.15) is 0 Å². The summed E-state index contributed by atoms with van der Waals surface area (Å²) in [5.74, 6) is 1.16. The molecule has 14 heavy (non-hydrogen) atoms. The van der Waals surface area contributed by atoms with Crippen molar-refractivity contribution in [3.8, 4) is 11.5 Å². The minimum atomic E-state index is -0.646. The first-order valence-corrected chi connectivity index (χ1v) is 4.50. The summed E-state index contributed by atoms with van der Waals surface area (Å²) in [7, 11) is 0. The van der Waals surface area contributed by atoms with Crippen LogP contribution in [0, 0.1) is 0 Å². The molecule has 1 amide bonds. The van der Waals surface area contributed by atoms with Crippen molar-refractivity contribution in [1.82, 2.24) is 0 Å². The number of fused-ring (bicyclic) bond motifs is 1. The number of amides is 1. The maximum absolute atomic E-state index is 10.7. The summed E-state index contributed by atoms with van der Waals surface area (Å²) in [6.45, 7) is 0.993. The summed E-state index contributed by atoms with van der Waals surface area (Å²) in [5, 5.41) is 1.81. The van der Waals surface area contributed by atoms with Gasteiger partial charge in [0.2, 0.25) is 0 Å². The van der Waals surface area contributed by atoms with E-state index >= 15 is 0 Å². The third-order valence-electron chi connectivity index (χ3n) is 1.80. The second-order valence-corrected chi connectivity index (χ2v) is 3.07. The van der Waals surface area contributed by atoms with Gasteiger partial charge in [-0.3, -0.25) is 4.79 Å². The molecule has 0 atom stereocenters. The van der Waals surface area contributed by atoms with E-state index in [0.717, 1.165) is 0 Å². The molecule has 4 nitrogen and oxygen atoms in total. The Bertz CT molecular complexity index is 367. The Morgan fingerprint density at radius 3 is 2.93 bits per heavy atom. The van der Waals surface area contributed by atoms with E-state index in [0.29, 0.717) is 30.4 Å². The summed E-state index contributed by atoms with van der Waals surface area (Å²) in [6.07, 6.45) is 0. The Morgan fingerprint density at radius 1 is 1.36 bits per heavy atom. The van der Waals surface area contributed by atoms with Crippen molar-refractivity contribution < 1.29 is 14.3 Å². The van der Waals surface area contributed by atoms with Crippen molar-refractivity contribution in [2.24, 2.45) is 0 Å². The Kier molecular flexibility index (Phi) is 2.45. The maximum Gasteiger partial charge on any atom is 0.318 e. The van der Waals surface area contributed by atoms with Crippen LogP contribution in [0.15, 0.2) is 18.2 Å². The van der Waals surface area contributed by atoms with E-state index in [1.54, 1.807) is 18.2 Å². The number of carbonyl (C=O) groups is 1. The SMILES string of the molecule is O=C(Cl)Nc1cccc2c1OCCO2. The number of rotatable bonds is 1. The van der Waals surface area contributed by atoms with Gasteiger partial charge in [-0.1, -0.05) is 6.07 Å². The third-order valence-corrected chi connectivity index (χ3v) is 1.89. The molecule has 1 aliphatic rings. The van der Waals surface area contributed by atoms with Crippen molar-refractivity contribution in [2.45, 2.75) is 0 Å². The second kappa shape index (κ2) is 3.75. The fraction of sp³-hybridized carbons (Fsp3) is 0.222. The Balaban J connectivity index is 2.35. The number of carbonyl (C=O) groups excluding carboxylic acids is 1. The average molecular weight is 214 g/mol. The van der Waals surface area contributed by atoms with Crippen LogP contribution in [0.4, 0.5) is 10.5 Å². The summed E-state index contributed by atoms with van der Waals surface area (Å²) < 4.78 is 10.7. The minimum absolute atomic E-state index is 0.474. The van der Waals surface area contributed by atoms with E-state index in [2.05, 4.69) is 5.32 Å². The van der Waals surface area contributed by atoms with Gasteiger partial charge in [-0.15, -0.1) is 0 Å². The Hall–Kier alpha value is -1.42. The molecule has 0 bridgehead atoms. The lowest BCUT2D eigenvalue weighted by atomic mass is 10.2. The molecule has 2 rings (SSSR count). The number of ether oxygens (including phenoxy) is 2. The molecular weight excluding hydrogens is 206 g/mol. The van der Waals surface area contributed by atoms with Crippen LogP contribution < -0.4 is 14.8 Å². The molecule has 0 aliphatic carbocycles. The van der Waals surface area contributed by atoms with Crippen LogP contribution in [-0.4, -0.2) is 18.6 Å². The summed E-state index contributed by atoms with van der Waals surface area (Å²) in [5.41, 5.74) is 0.530. The average Bonchev–Trinajstić information content (AvgIpc) is 2.18. The van der Waals surface area contributed by atoms with Gasteiger partial charge in [0.15, 0.2) is 11.5 Å². The molecule has 1 N–H and O–H groups in total. The van der Waals surface area contributed by atoms with Gasteiger partial charge >= 0.3 is 5.37 Å². The molecule has 0 fully saturated rings. The first-order chi connectivity index (χ1) is 6.77. The predicted octanol–water partition coefficient (Wildman–Crippen LogP) is 2.23. The number of hydrogen-bond acceptors (Lipinski definition) is 3. The van der Waals surface area contributed by atoms with Gasteiger partial charge in [0.25, 0.3) is 0 Å². The predicted molar refractivity (Wildman–Crippen MR) is 52.3 cm³/mol. The topological polar surface area (TPSA) is 47.6 Å². The van der Waals surface area contributed by atoms with Crippen LogP contribution in [0.3, 0.4) is 0 Å². The van der Waals surface area contributed by atoms with E-state index in [-0.39, 0.29) is 0 Å². The van der Waals surface area contributed by atoms with E-state index in [1.807, 2.05) is 0 Å². The summed E-state index contributed by atoms with van der Waals surface area (Å²) in [6, 6.07) is 5.24. The van der Waals surface area contributed by atoms with Crippen molar-refractivity contribution in [3.63, 3.8) is 0 Å². The molecular formula is C9H8ClNO3. The van der Waals surface area contributed by atoms with Crippen LogP contribution in [-0.2, 0) is 0 Å². The van der Waals surface area contributed by atoms with Crippen LogP contribution in [0.1, 0.15) is 0 Å². The molecule has 1 aromatic carbocycles. The quantitative estimate of drug-likeness (QED) is 0.575. The highest BCUT2D eigenvalue weighted by Crippen LogP contribution is 2.37. The zero-order valence-electron chi connectivity index (χ0n) is 7.25. The number of benzene rings is 1. The van der Waals surface area contributed by atoms with E-state index in [1.165, 1.54) is 0 Å².